The average molecular weight is 296 g/mol. The molecular weight excluding hydrogens is 276 g/mol. The highest BCUT2D eigenvalue weighted by Crippen LogP contribution is 2.19. The summed E-state index contributed by atoms with van der Waals surface area (Å²) in [5, 5.41) is 10.1. The van der Waals surface area contributed by atoms with E-state index >= 15 is 0 Å². The Morgan fingerprint density at radius 2 is 1.75 bits per heavy atom. The second kappa shape index (κ2) is 6.76. The van der Waals surface area contributed by atoms with Crippen LogP contribution in [0.5, 0.6) is 0 Å². The topological polar surface area (TPSA) is 79.1 Å². The molecule has 110 valence electrons. The van der Waals surface area contributed by atoms with Crippen molar-refractivity contribution in [1.29, 1.82) is 0 Å². The third-order valence-electron chi connectivity index (χ3n) is 2.73. The summed E-state index contributed by atoms with van der Waals surface area (Å²) in [6.45, 7) is 3.70. The predicted octanol–water partition coefficient (Wildman–Crippen LogP) is 1.85. The van der Waals surface area contributed by atoms with Crippen LogP contribution in [-0.2, 0) is 9.84 Å². The summed E-state index contributed by atoms with van der Waals surface area (Å²) in [6, 6.07) is 9.00. The number of aliphatic imine (C=N–C) groups is 2. The Morgan fingerprint density at radius 3 is 2.15 bits per heavy atom. The van der Waals surface area contributed by atoms with Crippen molar-refractivity contribution in [3.8, 4) is 0 Å². The Hall–Kier alpha value is -1.53. The molecule has 0 aliphatic heterocycles. The lowest BCUT2D eigenvalue weighted by atomic mass is 9.97. The summed E-state index contributed by atoms with van der Waals surface area (Å²) >= 11 is 0. The SMILES string of the molecule is CN=C(N=C(C(C)C)C(O)c1ccccc1)S(C)(=O)=O. The largest absolute Gasteiger partial charge is 0.382 e. The van der Waals surface area contributed by atoms with Crippen molar-refractivity contribution in [2.24, 2.45) is 15.9 Å². The molecule has 0 fully saturated rings. The third-order valence-corrected chi connectivity index (χ3v) is 3.67. The van der Waals surface area contributed by atoms with E-state index in [1.54, 1.807) is 12.1 Å². The molecule has 0 spiro atoms. The molecule has 1 rings (SSSR count). The standard InChI is InChI=1S/C14H20N2O3S/c1-10(2)12(16-14(15-3)20(4,18)19)13(17)11-8-6-5-7-9-11/h5-10,13,17H,1-4H3. The minimum atomic E-state index is -3.51. The van der Waals surface area contributed by atoms with Gasteiger partial charge in [-0.1, -0.05) is 44.2 Å². The molecule has 0 amide bonds. The van der Waals surface area contributed by atoms with Gasteiger partial charge in [0.05, 0.1) is 5.71 Å². The molecule has 1 aromatic carbocycles. The number of sulfone groups is 1. The van der Waals surface area contributed by atoms with Crippen LogP contribution in [0.2, 0.25) is 0 Å². The van der Waals surface area contributed by atoms with Gasteiger partial charge in [0, 0.05) is 13.3 Å². The lowest BCUT2D eigenvalue weighted by Gasteiger charge is -2.17. The Bertz CT molecular complexity index is 605. The number of benzene rings is 1. The molecule has 0 bridgehead atoms. The minimum absolute atomic E-state index is 0.108. The van der Waals surface area contributed by atoms with Crippen molar-refractivity contribution >= 4 is 20.7 Å². The fourth-order valence-electron chi connectivity index (χ4n) is 1.72. The van der Waals surface area contributed by atoms with Crippen molar-refractivity contribution in [3.63, 3.8) is 0 Å². The predicted molar refractivity (Wildman–Crippen MR) is 81.9 cm³/mol. The van der Waals surface area contributed by atoms with Crippen molar-refractivity contribution in [2.45, 2.75) is 20.0 Å². The lowest BCUT2D eigenvalue weighted by molar-refractivity contribution is 0.242. The van der Waals surface area contributed by atoms with Crippen molar-refractivity contribution < 1.29 is 13.5 Å². The van der Waals surface area contributed by atoms with Gasteiger partial charge in [0.15, 0.2) is 0 Å². The Balaban J connectivity index is 3.26. The van der Waals surface area contributed by atoms with E-state index in [1.165, 1.54) is 7.05 Å². The zero-order valence-electron chi connectivity index (χ0n) is 12.1. The van der Waals surface area contributed by atoms with Crippen LogP contribution in [0.3, 0.4) is 0 Å². The van der Waals surface area contributed by atoms with Crippen molar-refractivity contribution in [2.75, 3.05) is 13.3 Å². The molecule has 0 aromatic heterocycles. The Labute approximate surface area is 120 Å². The molecule has 0 heterocycles. The number of nitrogens with zero attached hydrogens (tertiary/aromatic N) is 2. The van der Waals surface area contributed by atoms with E-state index in [-0.39, 0.29) is 11.1 Å². The highest BCUT2D eigenvalue weighted by Gasteiger charge is 2.21. The molecule has 1 atom stereocenters. The summed E-state index contributed by atoms with van der Waals surface area (Å²) in [5.74, 6) is -0.108. The van der Waals surface area contributed by atoms with E-state index in [1.807, 2.05) is 32.0 Å². The first-order chi connectivity index (χ1) is 9.27. The van der Waals surface area contributed by atoms with E-state index in [9.17, 15) is 13.5 Å². The molecule has 0 aliphatic carbocycles. The summed E-state index contributed by atoms with van der Waals surface area (Å²) in [5.41, 5.74) is 1.05. The van der Waals surface area contributed by atoms with Crippen LogP contribution in [-0.4, -0.2) is 37.7 Å². The van der Waals surface area contributed by atoms with Crippen LogP contribution in [0.4, 0.5) is 0 Å². The first-order valence-corrected chi connectivity index (χ1v) is 8.14. The summed E-state index contributed by atoms with van der Waals surface area (Å²) in [6.07, 6.45) is 0.0979. The normalized spacial score (nSPS) is 15.5. The number of aliphatic hydroxyl groups is 1. The number of hydrogen-bond donors (Lipinski definition) is 1. The molecule has 20 heavy (non-hydrogen) atoms. The Morgan fingerprint density at radius 1 is 1.20 bits per heavy atom. The van der Waals surface area contributed by atoms with Crippen LogP contribution in [0, 0.1) is 5.92 Å². The summed E-state index contributed by atoms with van der Waals surface area (Å²) in [7, 11) is -2.14. The van der Waals surface area contributed by atoms with Gasteiger partial charge in [-0.15, -0.1) is 0 Å². The number of rotatable bonds is 3. The molecule has 1 aromatic rings. The van der Waals surface area contributed by atoms with Gasteiger partial charge < -0.3 is 5.11 Å². The van der Waals surface area contributed by atoms with Gasteiger partial charge in [0.2, 0.25) is 15.0 Å². The summed E-state index contributed by atoms with van der Waals surface area (Å²) in [4.78, 5) is 7.76. The van der Waals surface area contributed by atoms with Crippen molar-refractivity contribution in [3.05, 3.63) is 35.9 Å². The maximum Gasteiger partial charge on any atom is 0.241 e. The van der Waals surface area contributed by atoms with E-state index in [0.29, 0.717) is 11.3 Å². The van der Waals surface area contributed by atoms with E-state index in [4.69, 9.17) is 0 Å². The van der Waals surface area contributed by atoms with Crippen molar-refractivity contribution in [1.82, 2.24) is 0 Å². The molecule has 0 aliphatic rings. The number of aliphatic hydroxyl groups excluding tert-OH is 1. The average Bonchev–Trinajstić information content (AvgIpc) is 2.38. The van der Waals surface area contributed by atoms with Gasteiger partial charge in [-0.2, -0.15) is 0 Å². The smallest absolute Gasteiger partial charge is 0.241 e. The van der Waals surface area contributed by atoms with Crippen LogP contribution < -0.4 is 0 Å². The molecule has 5 nitrogen and oxygen atoms in total. The number of hydrogen-bond acceptors (Lipinski definition) is 4. The second-order valence-corrected chi connectivity index (χ2v) is 6.69. The van der Waals surface area contributed by atoms with Gasteiger partial charge in [-0.25, -0.2) is 13.4 Å². The maximum absolute atomic E-state index is 11.6. The molecule has 6 heteroatoms. The first kappa shape index (κ1) is 16.5. The second-order valence-electron chi connectivity index (χ2n) is 4.78. The molecule has 0 saturated carbocycles. The highest BCUT2D eigenvalue weighted by atomic mass is 32.2. The zero-order valence-corrected chi connectivity index (χ0v) is 12.9. The highest BCUT2D eigenvalue weighted by molar-refractivity contribution is 8.05. The van der Waals surface area contributed by atoms with Gasteiger partial charge in [0.25, 0.3) is 0 Å². The quantitative estimate of drug-likeness (QED) is 0.683. The molecule has 0 saturated heterocycles. The van der Waals surface area contributed by atoms with Crippen LogP contribution in [0.25, 0.3) is 0 Å². The van der Waals surface area contributed by atoms with Crippen LogP contribution >= 0.6 is 0 Å². The third kappa shape index (κ3) is 4.25. The number of amidine groups is 1. The van der Waals surface area contributed by atoms with Crippen LogP contribution in [0.1, 0.15) is 25.5 Å². The minimum Gasteiger partial charge on any atom is -0.382 e. The molecule has 1 unspecified atom stereocenters. The molecule has 1 N–H and O–H groups in total. The maximum atomic E-state index is 11.6. The summed E-state index contributed by atoms with van der Waals surface area (Å²) < 4.78 is 23.1. The van der Waals surface area contributed by atoms with Gasteiger partial charge in [-0.05, 0) is 11.5 Å². The fraction of sp³-hybridized carbons (Fsp3) is 0.429. The van der Waals surface area contributed by atoms with Gasteiger partial charge in [-0.3, -0.25) is 4.99 Å². The van der Waals surface area contributed by atoms with Gasteiger partial charge >= 0.3 is 0 Å². The lowest BCUT2D eigenvalue weighted by Crippen LogP contribution is -2.22. The fourth-order valence-corrected chi connectivity index (χ4v) is 2.32. The van der Waals surface area contributed by atoms with Crippen LogP contribution in [0.15, 0.2) is 40.3 Å². The molecular formula is C14H20N2O3S. The monoisotopic (exact) mass is 296 g/mol. The molecule has 0 radical (unpaired) electrons. The van der Waals surface area contributed by atoms with E-state index < -0.39 is 15.9 Å². The van der Waals surface area contributed by atoms with E-state index in [0.717, 1.165) is 6.26 Å². The Kier molecular flexibility index (Phi) is 5.59. The first-order valence-electron chi connectivity index (χ1n) is 6.25. The van der Waals surface area contributed by atoms with Gasteiger partial charge in [0.1, 0.15) is 6.10 Å². The van der Waals surface area contributed by atoms with E-state index in [2.05, 4.69) is 9.98 Å². The zero-order chi connectivity index (χ0) is 15.3.